The Bertz CT molecular complexity index is 1470. The van der Waals surface area contributed by atoms with E-state index in [4.69, 9.17) is 9.47 Å². The van der Waals surface area contributed by atoms with E-state index < -0.39 is 4.92 Å². The Morgan fingerprint density at radius 2 is 1.19 bits per heavy atom. The highest BCUT2D eigenvalue weighted by Gasteiger charge is 2.22. The molecule has 0 aliphatic carbocycles. The topological polar surface area (TPSA) is 74.5 Å². The molecule has 0 saturated heterocycles. The second kappa shape index (κ2) is 11.2. The summed E-state index contributed by atoms with van der Waals surface area (Å²) in [7, 11) is 0. The third-order valence-corrected chi connectivity index (χ3v) is 5.89. The number of non-ortho nitro benzene ring substituents is 1. The van der Waals surface area contributed by atoms with Crippen molar-refractivity contribution in [1.29, 1.82) is 0 Å². The molecule has 0 unspecified atom stereocenters. The Hall–Kier alpha value is -4.97. The SMILES string of the molecule is O=[N+]([O-])c1ccc(-c2c(OCc3ccccc3)ncc(-c3ccccc3)c2OCc2ccccc2)cc1. The van der Waals surface area contributed by atoms with E-state index in [1.807, 2.05) is 91.0 Å². The predicted molar refractivity (Wildman–Crippen MR) is 143 cm³/mol. The summed E-state index contributed by atoms with van der Waals surface area (Å²) in [5.74, 6) is 0.988. The summed E-state index contributed by atoms with van der Waals surface area (Å²) in [5.41, 5.74) is 5.12. The fraction of sp³-hybridized carbons (Fsp3) is 0.0645. The first-order chi connectivity index (χ1) is 18.2. The molecule has 0 saturated carbocycles. The number of nitro benzene ring substituents is 1. The van der Waals surface area contributed by atoms with E-state index in [0.29, 0.717) is 36.0 Å². The van der Waals surface area contributed by atoms with Gasteiger partial charge in [0.25, 0.3) is 5.69 Å². The number of benzene rings is 4. The number of nitrogens with zero attached hydrogens (tertiary/aromatic N) is 2. The van der Waals surface area contributed by atoms with Crippen LogP contribution in [0.5, 0.6) is 11.6 Å². The Morgan fingerprint density at radius 3 is 1.76 bits per heavy atom. The molecule has 5 rings (SSSR count). The van der Waals surface area contributed by atoms with E-state index >= 15 is 0 Å². The van der Waals surface area contributed by atoms with Gasteiger partial charge in [0.2, 0.25) is 5.88 Å². The quantitative estimate of drug-likeness (QED) is 0.159. The minimum atomic E-state index is -0.415. The van der Waals surface area contributed by atoms with Crippen LogP contribution in [0.1, 0.15) is 11.1 Å². The lowest BCUT2D eigenvalue weighted by molar-refractivity contribution is -0.384. The van der Waals surface area contributed by atoms with Crippen LogP contribution in [0.2, 0.25) is 0 Å². The van der Waals surface area contributed by atoms with Crippen molar-refractivity contribution in [2.45, 2.75) is 13.2 Å². The van der Waals surface area contributed by atoms with Crippen molar-refractivity contribution in [3.63, 3.8) is 0 Å². The van der Waals surface area contributed by atoms with Crippen molar-refractivity contribution in [2.24, 2.45) is 0 Å². The molecule has 0 amide bonds. The predicted octanol–water partition coefficient (Wildman–Crippen LogP) is 7.48. The Labute approximate surface area is 214 Å². The van der Waals surface area contributed by atoms with Crippen LogP contribution in [0, 0.1) is 10.1 Å². The second-order valence-corrected chi connectivity index (χ2v) is 8.40. The summed E-state index contributed by atoms with van der Waals surface area (Å²) in [6, 6.07) is 36.0. The molecule has 0 spiro atoms. The van der Waals surface area contributed by atoms with E-state index in [1.54, 1.807) is 18.3 Å². The average Bonchev–Trinajstić information content (AvgIpc) is 2.96. The Kier molecular flexibility index (Phi) is 7.18. The van der Waals surface area contributed by atoms with Crippen molar-refractivity contribution < 1.29 is 14.4 Å². The van der Waals surface area contributed by atoms with Gasteiger partial charge in [0.1, 0.15) is 19.0 Å². The molecule has 1 heterocycles. The number of nitro groups is 1. The van der Waals surface area contributed by atoms with Crippen LogP contribution in [0.3, 0.4) is 0 Å². The first kappa shape index (κ1) is 23.8. The maximum Gasteiger partial charge on any atom is 0.269 e. The van der Waals surface area contributed by atoms with Gasteiger partial charge in [-0.05, 0) is 34.4 Å². The van der Waals surface area contributed by atoms with Crippen molar-refractivity contribution in [1.82, 2.24) is 4.98 Å². The van der Waals surface area contributed by atoms with Crippen molar-refractivity contribution in [3.05, 3.63) is 143 Å². The molecular formula is C31H24N2O4. The molecular weight excluding hydrogens is 464 g/mol. The summed E-state index contributed by atoms with van der Waals surface area (Å²) in [5, 5.41) is 11.3. The number of rotatable bonds is 9. The summed E-state index contributed by atoms with van der Waals surface area (Å²) in [6.45, 7) is 0.652. The van der Waals surface area contributed by atoms with Crippen LogP contribution in [0.15, 0.2) is 121 Å². The molecule has 37 heavy (non-hydrogen) atoms. The molecule has 0 N–H and O–H groups in total. The summed E-state index contributed by atoms with van der Waals surface area (Å²) in [6.07, 6.45) is 1.75. The first-order valence-corrected chi connectivity index (χ1v) is 11.9. The zero-order valence-electron chi connectivity index (χ0n) is 20.0. The number of ether oxygens (including phenoxy) is 2. The molecule has 0 aliphatic heterocycles. The number of hydrogen-bond donors (Lipinski definition) is 0. The maximum absolute atomic E-state index is 11.3. The number of hydrogen-bond acceptors (Lipinski definition) is 5. The van der Waals surface area contributed by atoms with Crippen LogP contribution in [0.25, 0.3) is 22.3 Å². The molecule has 0 aliphatic rings. The molecule has 0 bridgehead atoms. The average molecular weight is 489 g/mol. The molecule has 6 nitrogen and oxygen atoms in total. The highest BCUT2D eigenvalue weighted by atomic mass is 16.6. The Balaban J connectivity index is 1.64. The van der Waals surface area contributed by atoms with Gasteiger partial charge in [-0.3, -0.25) is 10.1 Å². The van der Waals surface area contributed by atoms with Gasteiger partial charge in [-0.25, -0.2) is 4.98 Å². The zero-order valence-corrected chi connectivity index (χ0v) is 20.0. The van der Waals surface area contributed by atoms with Gasteiger partial charge in [0.15, 0.2) is 0 Å². The van der Waals surface area contributed by atoms with E-state index in [-0.39, 0.29) is 5.69 Å². The second-order valence-electron chi connectivity index (χ2n) is 8.40. The molecule has 0 atom stereocenters. The maximum atomic E-state index is 11.3. The van der Waals surface area contributed by atoms with E-state index in [9.17, 15) is 10.1 Å². The molecule has 0 radical (unpaired) electrons. The monoisotopic (exact) mass is 488 g/mol. The summed E-state index contributed by atoms with van der Waals surface area (Å²) in [4.78, 5) is 15.6. The van der Waals surface area contributed by atoms with Crippen LogP contribution >= 0.6 is 0 Å². The van der Waals surface area contributed by atoms with Gasteiger partial charge < -0.3 is 9.47 Å². The first-order valence-electron chi connectivity index (χ1n) is 11.9. The van der Waals surface area contributed by atoms with Crippen molar-refractivity contribution >= 4 is 5.69 Å². The van der Waals surface area contributed by atoms with Crippen LogP contribution in [-0.2, 0) is 13.2 Å². The number of pyridine rings is 1. The molecule has 1 aromatic heterocycles. The minimum absolute atomic E-state index is 0.00873. The highest BCUT2D eigenvalue weighted by molar-refractivity contribution is 5.85. The van der Waals surface area contributed by atoms with Gasteiger partial charge >= 0.3 is 0 Å². The Morgan fingerprint density at radius 1 is 0.649 bits per heavy atom. The fourth-order valence-electron chi connectivity index (χ4n) is 4.02. The summed E-state index contributed by atoms with van der Waals surface area (Å²) >= 11 is 0. The lowest BCUT2D eigenvalue weighted by Gasteiger charge is -2.19. The molecule has 0 fully saturated rings. The lowest BCUT2D eigenvalue weighted by atomic mass is 9.99. The minimum Gasteiger partial charge on any atom is -0.487 e. The van der Waals surface area contributed by atoms with Gasteiger partial charge in [0.05, 0.1) is 10.5 Å². The largest absolute Gasteiger partial charge is 0.487 e. The highest BCUT2D eigenvalue weighted by Crippen LogP contribution is 2.44. The molecule has 182 valence electrons. The number of aromatic nitrogens is 1. The molecule has 6 heteroatoms. The molecule has 5 aromatic rings. The fourth-order valence-corrected chi connectivity index (χ4v) is 4.02. The third-order valence-electron chi connectivity index (χ3n) is 5.89. The van der Waals surface area contributed by atoms with Gasteiger partial charge in [-0.2, -0.15) is 0 Å². The zero-order chi connectivity index (χ0) is 25.5. The van der Waals surface area contributed by atoms with Crippen LogP contribution in [-0.4, -0.2) is 9.91 Å². The summed E-state index contributed by atoms with van der Waals surface area (Å²) < 4.78 is 12.7. The van der Waals surface area contributed by atoms with Crippen molar-refractivity contribution in [3.8, 4) is 33.9 Å². The third kappa shape index (κ3) is 5.65. The van der Waals surface area contributed by atoms with Crippen molar-refractivity contribution in [2.75, 3.05) is 0 Å². The van der Waals surface area contributed by atoms with E-state index in [2.05, 4.69) is 4.98 Å². The molecule has 4 aromatic carbocycles. The van der Waals surface area contributed by atoms with Crippen LogP contribution < -0.4 is 9.47 Å². The smallest absolute Gasteiger partial charge is 0.269 e. The lowest BCUT2D eigenvalue weighted by Crippen LogP contribution is -2.04. The van der Waals surface area contributed by atoms with E-state index in [1.165, 1.54) is 12.1 Å². The van der Waals surface area contributed by atoms with E-state index in [0.717, 1.165) is 22.3 Å². The normalized spacial score (nSPS) is 10.6. The van der Waals surface area contributed by atoms with Crippen LogP contribution in [0.4, 0.5) is 5.69 Å². The standard InChI is InChI=1S/C31H24N2O4/c34-33(35)27-18-16-26(17-19-27)29-30(36-21-23-10-4-1-5-11-23)28(25-14-8-3-9-15-25)20-32-31(29)37-22-24-12-6-2-7-13-24/h1-20H,21-22H2. The van der Waals surface area contributed by atoms with Gasteiger partial charge in [0, 0.05) is 23.9 Å². The van der Waals surface area contributed by atoms with Gasteiger partial charge in [-0.15, -0.1) is 0 Å². The van der Waals surface area contributed by atoms with Gasteiger partial charge in [-0.1, -0.05) is 91.0 Å².